The van der Waals surface area contributed by atoms with Gasteiger partial charge in [0.15, 0.2) is 29.2 Å². The first-order chi connectivity index (χ1) is 38.7. The number of carbonyl (C=O) groups is 2. The van der Waals surface area contributed by atoms with Gasteiger partial charge in [-0.05, 0) is 126 Å². The van der Waals surface area contributed by atoms with Crippen molar-refractivity contribution in [3.63, 3.8) is 0 Å². The number of carbonyl (C=O) groups excluding carboxylic acids is 2. The third kappa shape index (κ3) is 13.5. The van der Waals surface area contributed by atoms with Crippen molar-refractivity contribution in [2.24, 2.45) is 0 Å². The van der Waals surface area contributed by atoms with Crippen LogP contribution >= 0.6 is 15.9 Å². The monoisotopic (exact) mass is 1230 g/mol. The summed E-state index contributed by atoms with van der Waals surface area (Å²) in [7, 11) is -8.80. The van der Waals surface area contributed by atoms with Crippen LogP contribution in [-0.2, 0) is 34.1 Å². The largest absolute Gasteiger partial charge is 0.496 e. The number of nitrogens with one attached hydrogen (secondary N) is 3. The van der Waals surface area contributed by atoms with E-state index in [1.165, 1.54) is 10.9 Å². The van der Waals surface area contributed by atoms with Crippen LogP contribution in [0.4, 0.5) is 28.9 Å². The van der Waals surface area contributed by atoms with Gasteiger partial charge in [-0.15, -0.1) is 0 Å². The van der Waals surface area contributed by atoms with Crippen LogP contribution in [0.5, 0.6) is 0 Å². The SMILES string of the molecule is CCCS(=O)(=O)Nc1c(F)ccc(C(=O)c2[nH]nc3ncc(-c4cnc(C)nc4)cc23)c1F.CCCS(=O)(=O)Nc1c(F)ccc(C(=O)c2nn(C3CCCCO3)c3ncc(B4OC(C)(C)C(C)(C)O4)cc23)c1F.Cc1ncc(Br)cn1. The maximum absolute atomic E-state index is 15.6. The summed E-state index contributed by atoms with van der Waals surface area (Å²) in [5, 5.41) is 11.6. The number of halogens is 5. The molecular formula is C53H56BBrF4N12O9S2. The highest BCUT2D eigenvalue weighted by Crippen LogP contribution is 2.38. The fraction of sp³-hybridized carbons (Fsp3) is 0.358. The lowest BCUT2D eigenvalue weighted by Crippen LogP contribution is -2.41. The number of aryl methyl sites for hydroxylation is 2. The molecule has 3 N–H and O–H groups in total. The molecule has 29 heteroatoms. The predicted molar refractivity (Wildman–Crippen MR) is 301 cm³/mol. The number of rotatable bonds is 15. The Hall–Kier alpha value is -7.18. The van der Waals surface area contributed by atoms with Crippen molar-refractivity contribution < 1.29 is 58.0 Å². The molecule has 0 saturated carbocycles. The molecule has 10 rings (SSSR count). The Labute approximate surface area is 478 Å². The van der Waals surface area contributed by atoms with E-state index in [0.717, 1.165) is 47.4 Å². The van der Waals surface area contributed by atoms with E-state index in [1.54, 1.807) is 63.9 Å². The van der Waals surface area contributed by atoms with Crippen molar-refractivity contribution >= 4 is 93.6 Å². The van der Waals surface area contributed by atoms with Crippen molar-refractivity contribution in [3.05, 3.63) is 135 Å². The highest BCUT2D eigenvalue weighted by molar-refractivity contribution is 9.10. The topological polar surface area (TPSA) is 278 Å². The molecule has 0 radical (unpaired) electrons. The number of anilines is 2. The number of H-pyrrole nitrogens is 1. The molecule has 2 saturated heterocycles. The van der Waals surface area contributed by atoms with Gasteiger partial charge in [0.1, 0.15) is 46.0 Å². The average molecular weight is 1240 g/mol. The molecule has 21 nitrogen and oxygen atoms in total. The van der Waals surface area contributed by atoms with Gasteiger partial charge in [0.2, 0.25) is 31.6 Å². The fourth-order valence-electron chi connectivity index (χ4n) is 8.44. The third-order valence-electron chi connectivity index (χ3n) is 13.4. The molecule has 2 aromatic carbocycles. The van der Waals surface area contributed by atoms with E-state index >= 15 is 8.78 Å². The molecule has 0 bridgehead atoms. The van der Waals surface area contributed by atoms with E-state index < -0.39 is 102 Å². The van der Waals surface area contributed by atoms with Crippen molar-refractivity contribution in [2.45, 2.75) is 105 Å². The second-order valence-corrected chi connectivity index (χ2v) is 24.7. The van der Waals surface area contributed by atoms with Gasteiger partial charge in [-0.3, -0.25) is 24.1 Å². The summed E-state index contributed by atoms with van der Waals surface area (Å²) in [6.45, 7) is 15.0. The van der Waals surface area contributed by atoms with E-state index in [1.807, 2.05) is 44.1 Å². The highest BCUT2D eigenvalue weighted by Gasteiger charge is 2.52. The highest BCUT2D eigenvalue weighted by atomic mass is 79.9. The summed E-state index contributed by atoms with van der Waals surface area (Å²) in [6.07, 6.45) is 12.2. The first-order valence-electron chi connectivity index (χ1n) is 25.7. The molecule has 2 aliphatic heterocycles. The Morgan fingerprint density at radius 1 is 0.720 bits per heavy atom. The zero-order chi connectivity index (χ0) is 59.5. The summed E-state index contributed by atoms with van der Waals surface area (Å²) < 4.78 is 132. The zero-order valence-electron chi connectivity index (χ0n) is 45.6. The van der Waals surface area contributed by atoms with Crippen LogP contribution in [0.15, 0.2) is 78.1 Å². The molecule has 1 unspecified atom stereocenters. The van der Waals surface area contributed by atoms with Gasteiger partial charge >= 0.3 is 7.12 Å². The predicted octanol–water partition coefficient (Wildman–Crippen LogP) is 9.02. The van der Waals surface area contributed by atoms with Gasteiger partial charge in [0.05, 0.1) is 49.1 Å². The molecule has 8 heterocycles. The van der Waals surface area contributed by atoms with E-state index in [0.29, 0.717) is 51.9 Å². The Morgan fingerprint density at radius 2 is 1.26 bits per heavy atom. The molecule has 0 amide bonds. The number of ether oxygens (including phenoxy) is 1. The maximum atomic E-state index is 15.6. The van der Waals surface area contributed by atoms with Gasteiger partial charge in [-0.25, -0.2) is 69.0 Å². The molecule has 1 atom stereocenters. The van der Waals surface area contributed by atoms with Crippen molar-refractivity contribution in [3.8, 4) is 11.1 Å². The number of aromatic amines is 1. The minimum absolute atomic E-state index is 0.0831. The first-order valence-corrected chi connectivity index (χ1v) is 29.8. The Bertz CT molecular complexity index is 3890. The van der Waals surface area contributed by atoms with Crippen LogP contribution < -0.4 is 14.9 Å². The zero-order valence-corrected chi connectivity index (χ0v) is 48.9. The number of aromatic nitrogens is 10. The summed E-state index contributed by atoms with van der Waals surface area (Å²) in [6, 6.07) is 6.87. The lowest BCUT2D eigenvalue weighted by molar-refractivity contribution is -0.0371. The lowest BCUT2D eigenvalue weighted by atomic mass is 9.80. The number of hydrogen-bond acceptors (Lipinski definition) is 17. The van der Waals surface area contributed by atoms with E-state index in [2.05, 4.69) is 61.1 Å². The maximum Gasteiger partial charge on any atom is 0.496 e. The molecule has 6 aromatic heterocycles. The van der Waals surface area contributed by atoms with Gasteiger partial charge in [0.25, 0.3) is 0 Å². The summed E-state index contributed by atoms with van der Waals surface area (Å²) >= 11 is 3.22. The van der Waals surface area contributed by atoms with Crippen molar-refractivity contribution in [1.82, 2.24) is 49.9 Å². The molecule has 0 aliphatic carbocycles. The van der Waals surface area contributed by atoms with Gasteiger partial charge in [-0.1, -0.05) is 13.8 Å². The second-order valence-electron chi connectivity index (χ2n) is 20.1. The van der Waals surface area contributed by atoms with Gasteiger partial charge < -0.3 is 14.0 Å². The molecule has 2 aliphatic rings. The molecular weight excluding hydrogens is 1180 g/mol. The van der Waals surface area contributed by atoms with Crippen LogP contribution in [0, 0.1) is 37.1 Å². The van der Waals surface area contributed by atoms with E-state index in [9.17, 15) is 35.2 Å². The van der Waals surface area contributed by atoms with Crippen LogP contribution in [0.3, 0.4) is 0 Å². The number of nitrogens with zero attached hydrogens (tertiary/aromatic N) is 9. The van der Waals surface area contributed by atoms with E-state index in [-0.39, 0.29) is 41.4 Å². The van der Waals surface area contributed by atoms with Gasteiger partial charge in [0, 0.05) is 60.4 Å². The second kappa shape index (κ2) is 24.7. The minimum Gasteiger partial charge on any atom is -0.399 e. The fourth-order valence-corrected chi connectivity index (χ4v) is 10.9. The molecule has 82 heavy (non-hydrogen) atoms. The van der Waals surface area contributed by atoms with Crippen LogP contribution in [0.2, 0.25) is 0 Å². The number of ketones is 2. The van der Waals surface area contributed by atoms with Crippen LogP contribution in [0.1, 0.15) is 124 Å². The Balaban J connectivity index is 0.000000192. The quantitative estimate of drug-likeness (QED) is 0.0490. The van der Waals surface area contributed by atoms with E-state index in [4.69, 9.17) is 14.0 Å². The van der Waals surface area contributed by atoms with Crippen LogP contribution in [0.25, 0.3) is 33.2 Å². The smallest absolute Gasteiger partial charge is 0.399 e. The first kappa shape index (κ1) is 60.9. The Kier molecular flexibility index (Phi) is 18.4. The number of benzene rings is 2. The number of pyridine rings is 2. The molecule has 2 fully saturated rings. The summed E-state index contributed by atoms with van der Waals surface area (Å²) in [5.41, 5.74) is -2.04. The van der Waals surface area contributed by atoms with Gasteiger partial charge in [-0.2, -0.15) is 10.2 Å². The number of fused-ring (bicyclic) bond motifs is 2. The Morgan fingerprint density at radius 3 is 1.78 bits per heavy atom. The van der Waals surface area contributed by atoms with Crippen molar-refractivity contribution in [2.75, 3.05) is 27.6 Å². The van der Waals surface area contributed by atoms with Crippen LogP contribution in [-0.4, -0.2) is 115 Å². The average Bonchev–Trinajstić information content (AvgIpc) is 4.32. The molecule has 432 valence electrons. The standard InChI is InChI=1S/C27H33BF2N4O6S.C21H18F2N6O3S.C5H5BrN2/c1-6-13-41(36,37)33-23-19(29)11-10-17(21(23)30)24(35)22-18-14-16(28-39-26(2,3)27(4,5)40-28)15-31-25(18)34(32-22)20-9-7-8-12-38-20;1-3-6-33(31,32)29-19-16(22)5-4-14(17(19)23)20(30)18-15-7-12(8-26-21(15)28-27-18)13-9-24-11(2)25-10-13;1-4-7-2-5(6)3-8-4/h10-11,14-15,20,33H,6-9,12-13H2,1-5H3;4-5,7-10,29H,3,6H2,1-2H3,(H,26,27,28);2-3H,1H3. The number of hydrogen-bond donors (Lipinski definition) is 3. The third-order valence-corrected chi connectivity index (χ3v) is 16.7. The molecule has 0 spiro atoms. The minimum atomic E-state index is -4.03. The summed E-state index contributed by atoms with van der Waals surface area (Å²) in [4.78, 5) is 51.8. The lowest BCUT2D eigenvalue weighted by Gasteiger charge is -2.32. The summed E-state index contributed by atoms with van der Waals surface area (Å²) in [5.74, 6) is -5.93. The molecule has 8 aromatic rings. The van der Waals surface area contributed by atoms with Crippen molar-refractivity contribution in [1.29, 1.82) is 0 Å². The number of sulfonamides is 2. The normalized spacial score (nSPS) is 15.8.